The normalized spacial score (nSPS) is 14.3. The Hall–Kier alpha value is -1.82. The summed E-state index contributed by atoms with van der Waals surface area (Å²) in [5, 5.41) is 12.1. The van der Waals surface area contributed by atoms with E-state index in [-0.39, 0.29) is 17.4 Å². The van der Waals surface area contributed by atoms with Gasteiger partial charge >= 0.3 is 0 Å². The predicted octanol–water partition coefficient (Wildman–Crippen LogP) is 3.36. The smallest absolute Gasteiger partial charge is 0.238 e. The molecule has 2 unspecified atom stereocenters. The number of hydrogen-bond acceptors (Lipinski definition) is 2. The van der Waals surface area contributed by atoms with Crippen LogP contribution in [-0.4, -0.2) is 5.91 Å². The Bertz CT molecular complexity index is 477. The fourth-order valence-electron chi connectivity index (χ4n) is 1.88. The van der Waals surface area contributed by atoms with Crippen molar-refractivity contribution in [3.05, 3.63) is 35.4 Å². The molecule has 0 aliphatic rings. The van der Waals surface area contributed by atoms with Gasteiger partial charge in [-0.25, -0.2) is 0 Å². The van der Waals surface area contributed by atoms with Gasteiger partial charge in [-0.2, -0.15) is 5.26 Å². The molecule has 1 amide bonds. The Morgan fingerprint density at radius 1 is 1.26 bits per heavy atom. The summed E-state index contributed by atoms with van der Waals surface area (Å²) in [6, 6.07) is 10.0. The number of rotatable bonds is 3. The molecule has 0 heterocycles. The Kier molecular flexibility index (Phi) is 4.72. The van der Waals surface area contributed by atoms with E-state index >= 15 is 0 Å². The molecule has 0 fully saturated rings. The maximum Gasteiger partial charge on any atom is 0.238 e. The Labute approximate surface area is 115 Å². The number of nitrogens with zero attached hydrogens (tertiary/aromatic N) is 1. The molecule has 0 aliphatic carbocycles. The molecule has 3 heteroatoms. The third-order valence-electron chi connectivity index (χ3n) is 3.19. The largest absolute Gasteiger partial charge is 0.348 e. The molecular weight excluding hydrogens is 236 g/mol. The van der Waals surface area contributed by atoms with Gasteiger partial charge in [0.25, 0.3) is 0 Å². The highest BCUT2D eigenvalue weighted by molar-refractivity contribution is 5.82. The minimum absolute atomic E-state index is 0.0914. The third-order valence-corrected chi connectivity index (χ3v) is 3.19. The highest BCUT2D eigenvalue weighted by Crippen LogP contribution is 2.26. The monoisotopic (exact) mass is 258 g/mol. The van der Waals surface area contributed by atoms with Crippen molar-refractivity contribution in [2.45, 2.75) is 40.7 Å². The lowest BCUT2D eigenvalue weighted by Gasteiger charge is -2.25. The van der Waals surface area contributed by atoms with E-state index in [2.05, 4.69) is 11.4 Å². The number of carbonyl (C=O) groups excluding carboxylic acids is 1. The molecule has 1 aromatic carbocycles. The maximum atomic E-state index is 12.1. The van der Waals surface area contributed by atoms with Crippen molar-refractivity contribution in [2.75, 3.05) is 0 Å². The average Bonchev–Trinajstić information content (AvgIpc) is 2.28. The van der Waals surface area contributed by atoms with Gasteiger partial charge in [0.05, 0.1) is 12.1 Å². The third kappa shape index (κ3) is 4.10. The van der Waals surface area contributed by atoms with Crippen LogP contribution in [0.5, 0.6) is 0 Å². The predicted molar refractivity (Wildman–Crippen MR) is 76.3 cm³/mol. The van der Waals surface area contributed by atoms with E-state index in [1.807, 2.05) is 58.9 Å². The van der Waals surface area contributed by atoms with E-state index in [0.717, 1.165) is 5.56 Å². The molecule has 0 saturated carbocycles. The van der Waals surface area contributed by atoms with E-state index < -0.39 is 5.92 Å². The van der Waals surface area contributed by atoms with Crippen molar-refractivity contribution in [3.8, 4) is 6.07 Å². The lowest BCUT2D eigenvalue weighted by Crippen LogP contribution is -2.38. The number of carbonyl (C=O) groups is 1. The molecule has 0 aliphatic heterocycles. The zero-order valence-corrected chi connectivity index (χ0v) is 12.3. The lowest BCUT2D eigenvalue weighted by molar-refractivity contribution is -0.126. The highest BCUT2D eigenvalue weighted by atomic mass is 16.2. The first-order chi connectivity index (χ1) is 8.75. The van der Waals surface area contributed by atoms with Gasteiger partial charge in [-0.15, -0.1) is 0 Å². The van der Waals surface area contributed by atoms with Crippen molar-refractivity contribution < 1.29 is 4.79 Å². The van der Waals surface area contributed by atoms with Crippen LogP contribution < -0.4 is 5.32 Å². The minimum atomic E-state index is -0.639. The fraction of sp³-hybridized carbons (Fsp3) is 0.500. The van der Waals surface area contributed by atoms with Crippen molar-refractivity contribution in [2.24, 2.45) is 11.3 Å². The van der Waals surface area contributed by atoms with Gasteiger partial charge in [0.15, 0.2) is 0 Å². The Morgan fingerprint density at radius 2 is 1.79 bits per heavy atom. The molecule has 1 aromatic rings. The molecule has 0 bridgehead atoms. The van der Waals surface area contributed by atoms with Crippen LogP contribution in [0.25, 0.3) is 0 Å². The molecule has 1 N–H and O–H groups in total. The molecular formula is C16H22N2O. The van der Waals surface area contributed by atoms with Gasteiger partial charge < -0.3 is 5.32 Å². The van der Waals surface area contributed by atoms with Gasteiger partial charge in [0, 0.05) is 0 Å². The highest BCUT2D eigenvalue weighted by Gasteiger charge is 2.31. The van der Waals surface area contributed by atoms with Crippen LogP contribution in [0.1, 0.15) is 44.9 Å². The molecule has 0 saturated heterocycles. The molecule has 19 heavy (non-hydrogen) atoms. The van der Waals surface area contributed by atoms with Crippen molar-refractivity contribution >= 4 is 5.91 Å². The molecule has 102 valence electrons. The van der Waals surface area contributed by atoms with Crippen molar-refractivity contribution in [1.29, 1.82) is 5.26 Å². The summed E-state index contributed by atoms with van der Waals surface area (Å²) in [5.41, 5.74) is 1.88. The van der Waals surface area contributed by atoms with Crippen LogP contribution in [0, 0.1) is 29.6 Å². The van der Waals surface area contributed by atoms with Gasteiger partial charge in [-0.3, -0.25) is 4.79 Å². The van der Waals surface area contributed by atoms with E-state index in [0.29, 0.717) is 0 Å². The first-order valence-electron chi connectivity index (χ1n) is 6.52. The molecule has 0 spiro atoms. The Morgan fingerprint density at radius 3 is 2.21 bits per heavy atom. The Balaban J connectivity index is 2.77. The van der Waals surface area contributed by atoms with Crippen LogP contribution in [0.4, 0.5) is 0 Å². The molecule has 0 radical (unpaired) electrons. The topological polar surface area (TPSA) is 52.9 Å². The molecule has 3 nitrogen and oxygen atoms in total. The van der Waals surface area contributed by atoms with Crippen molar-refractivity contribution in [1.82, 2.24) is 5.32 Å². The standard InChI is InChI=1S/C16H22N2O/c1-11-6-8-13(9-7-11)12(2)18-15(19)14(10-17)16(3,4)5/h6-9,12,14H,1-5H3,(H,18,19). The first kappa shape index (κ1) is 15.2. The summed E-state index contributed by atoms with van der Waals surface area (Å²) in [5.74, 6) is -0.844. The van der Waals surface area contributed by atoms with Crippen LogP contribution in [-0.2, 0) is 4.79 Å². The summed E-state index contributed by atoms with van der Waals surface area (Å²) in [7, 11) is 0. The first-order valence-corrected chi connectivity index (χ1v) is 6.52. The fourth-order valence-corrected chi connectivity index (χ4v) is 1.88. The zero-order chi connectivity index (χ0) is 14.6. The van der Waals surface area contributed by atoms with E-state index in [4.69, 9.17) is 5.26 Å². The second-order valence-electron chi connectivity index (χ2n) is 6.07. The van der Waals surface area contributed by atoms with Gasteiger partial charge in [0.1, 0.15) is 5.92 Å². The SMILES string of the molecule is Cc1ccc(C(C)NC(=O)C(C#N)C(C)(C)C)cc1. The number of nitrogens with one attached hydrogen (secondary N) is 1. The van der Waals surface area contributed by atoms with Crippen LogP contribution >= 0.6 is 0 Å². The molecule has 0 aromatic heterocycles. The maximum absolute atomic E-state index is 12.1. The number of amides is 1. The summed E-state index contributed by atoms with van der Waals surface area (Å²) >= 11 is 0. The van der Waals surface area contributed by atoms with Crippen molar-refractivity contribution in [3.63, 3.8) is 0 Å². The van der Waals surface area contributed by atoms with Gasteiger partial charge in [-0.1, -0.05) is 50.6 Å². The second kappa shape index (κ2) is 5.88. The van der Waals surface area contributed by atoms with Gasteiger partial charge in [-0.05, 0) is 24.8 Å². The summed E-state index contributed by atoms with van der Waals surface area (Å²) in [4.78, 5) is 12.1. The minimum Gasteiger partial charge on any atom is -0.348 e. The van der Waals surface area contributed by atoms with Crippen LogP contribution in [0.3, 0.4) is 0 Å². The van der Waals surface area contributed by atoms with E-state index in [9.17, 15) is 4.79 Å². The number of nitriles is 1. The number of aryl methyl sites for hydroxylation is 1. The summed E-state index contributed by atoms with van der Waals surface area (Å²) in [6.45, 7) is 9.66. The summed E-state index contributed by atoms with van der Waals surface area (Å²) < 4.78 is 0. The van der Waals surface area contributed by atoms with Gasteiger partial charge in [0.2, 0.25) is 5.91 Å². The number of hydrogen-bond donors (Lipinski definition) is 1. The van der Waals surface area contributed by atoms with E-state index in [1.54, 1.807) is 0 Å². The molecule has 1 rings (SSSR count). The summed E-state index contributed by atoms with van der Waals surface area (Å²) in [6.07, 6.45) is 0. The zero-order valence-electron chi connectivity index (χ0n) is 12.3. The second-order valence-corrected chi connectivity index (χ2v) is 6.07. The lowest BCUT2D eigenvalue weighted by atomic mass is 9.81. The average molecular weight is 258 g/mol. The van der Waals surface area contributed by atoms with Crippen LogP contribution in [0.2, 0.25) is 0 Å². The number of benzene rings is 1. The van der Waals surface area contributed by atoms with E-state index in [1.165, 1.54) is 5.56 Å². The quantitative estimate of drug-likeness (QED) is 0.903. The van der Waals surface area contributed by atoms with Crippen LogP contribution in [0.15, 0.2) is 24.3 Å². The molecule has 2 atom stereocenters.